The molecule has 3 aromatic rings. The van der Waals surface area contributed by atoms with Crippen LogP contribution in [0, 0.1) is 33.1 Å². The van der Waals surface area contributed by atoms with Crippen molar-refractivity contribution in [3.8, 4) is 11.4 Å². The first-order valence-electron chi connectivity index (χ1n) is 14.6. The predicted octanol–water partition coefficient (Wildman–Crippen LogP) is 3.43. The number of halogens is 2. The zero-order valence-corrected chi connectivity index (χ0v) is 26.0. The second kappa shape index (κ2) is 13.1. The molecule has 246 valence electrons. The van der Waals surface area contributed by atoms with Crippen molar-refractivity contribution in [2.75, 3.05) is 44.3 Å². The van der Waals surface area contributed by atoms with Crippen LogP contribution in [-0.2, 0) is 25.3 Å². The Morgan fingerprint density at radius 3 is 2.24 bits per heavy atom. The molecule has 0 unspecified atom stereocenters. The maximum atomic E-state index is 14.0. The number of aromatic nitrogens is 2. The Bertz CT molecular complexity index is 1770. The summed E-state index contributed by atoms with van der Waals surface area (Å²) in [6, 6.07) is 7.89. The van der Waals surface area contributed by atoms with E-state index in [0.29, 0.717) is 24.5 Å². The van der Waals surface area contributed by atoms with E-state index in [2.05, 4.69) is 5.10 Å². The summed E-state index contributed by atoms with van der Waals surface area (Å²) in [4.78, 5) is 37.8. The van der Waals surface area contributed by atoms with Crippen LogP contribution in [0.2, 0.25) is 0 Å². The molecule has 2 aromatic carbocycles. The summed E-state index contributed by atoms with van der Waals surface area (Å²) < 4.78 is 68.0. The van der Waals surface area contributed by atoms with Crippen molar-refractivity contribution in [1.82, 2.24) is 14.1 Å². The second-order valence-electron chi connectivity index (χ2n) is 11.8. The number of non-ortho nitro benzene ring substituents is 1. The van der Waals surface area contributed by atoms with Gasteiger partial charge in [0.15, 0.2) is 0 Å². The fraction of sp³-hybridized carbons (Fsp3) is 0.433. The Morgan fingerprint density at radius 1 is 1.04 bits per heavy atom. The van der Waals surface area contributed by atoms with Crippen LogP contribution >= 0.6 is 0 Å². The number of piperazine rings is 1. The summed E-state index contributed by atoms with van der Waals surface area (Å²) in [6.45, 7) is 4.08. The SMILES string of the molecule is CC(C)C(=O)OCC1(COc2c(N3CCN(S(=O)(=O)Cc4ccc([N+](=O)[O-])cc4)CC3)cnn(-c3cc(F)cc(F)c3)c2=O)CC1. The molecule has 1 saturated heterocycles. The second-order valence-corrected chi connectivity index (χ2v) is 13.8. The summed E-state index contributed by atoms with van der Waals surface area (Å²) in [5.41, 5.74) is -0.870. The molecule has 0 bridgehead atoms. The molecule has 0 atom stereocenters. The van der Waals surface area contributed by atoms with E-state index in [1.807, 2.05) is 0 Å². The van der Waals surface area contributed by atoms with Gasteiger partial charge in [-0.05, 0) is 30.5 Å². The molecule has 1 aliphatic heterocycles. The lowest BCUT2D eigenvalue weighted by atomic mass is 10.1. The Morgan fingerprint density at radius 2 is 1.67 bits per heavy atom. The van der Waals surface area contributed by atoms with Gasteiger partial charge in [-0.3, -0.25) is 19.7 Å². The molecule has 0 N–H and O–H groups in total. The lowest BCUT2D eigenvalue weighted by molar-refractivity contribution is -0.384. The van der Waals surface area contributed by atoms with Gasteiger partial charge in [0.25, 0.3) is 5.69 Å². The zero-order valence-electron chi connectivity index (χ0n) is 25.2. The third-order valence-corrected chi connectivity index (χ3v) is 9.80. The number of anilines is 1. The predicted molar refractivity (Wildman–Crippen MR) is 162 cm³/mol. The van der Waals surface area contributed by atoms with Gasteiger partial charge in [0.2, 0.25) is 15.8 Å². The summed E-state index contributed by atoms with van der Waals surface area (Å²) in [7, 11) is -3.77. The highest BCUT2D eigenvalue weighted by molar-refractivity contribution is 7.88. The van der Waals surface area contributed by atoms with E-state index in [-0.39, 0.29) is 79.8 Å². The van der Waals surface area contributed by atoms with Crippen LogP contribution in [0.1, 0.15) is 32.3 Å². The quantitative estimate of drug-likeness (QED) is 0.160. The molecule has 0 radical (unpaired) electrons. The van der Waals surface area contributed by atoms with E-state index < -0.39 is 37.6 Å². The van der Waals surface area contributed by atoms with Gasteiger partial charge < -0.3 is 14.4 Å². The fourth-order valence-electron chi connectivity index (χ4n) is 4.98. The van der Waals surface area contributed by atoms with Crippen molar-refractivity contribution in [2.24, 2.45) is 11.3 Å². The molecule has 2 heterocycles. The van der Waals surface area contributed by atoms with Gasteiger partial charge in [0, 0.05) is 49.8 Å². The van der Waals surface area contributed by atoms with Crippen LogP contribution in [0.4, 0.5) is 20.2 Å². The van der Waals surface area contributed by atoms with Crippen LogP contribution in [0.15, 0.2) is 53.5 Å². The monoisotopic (exact) mass is 661 g/mol. The number of nitro benzene ring substituents is 1. The minimum Gasteiger partial charge on any atom is -0.485 e. The molecule has 1 saturated carbocycles. The Balaban J connectivity index is 1.35. The van der Waals surface area contributed by atoms with Gasteiger partial charge in [0.05, 0.1) is 35.1 Å². The van der Waals surface area contributed by atoms with Gasteiger partial charge in [-0.25, -0.2) is 17.2 Å². The summed E-state index contributed by atoms with van der Waals surface area (Å²) >= 11 is 0. The third-order valence-electron chi connectivity index (χ3n) is 7.95. The number of nitro groups is 1. The number of carbonyl (C=O) groups excluding carboxylic acids is 1. The molecule has 5 rings (SSSR count). The van der Waals surface area contributed by atoms with E-state index in [4.69, 9.17) is 9.47 Å². The number of nitrogens with zero attached hydrogens (tertiary/aromatic N) is 5. The third kappa shape index (κ3) is 7.50. The van der Waals surface area contributed by atoms with Crippen molar-refractivity contribution in [1.29, 1.82) is 0 Å². The van der Waals surface area contributed by atoms with E-state index in [0.717, 1.165) is 16.8 Å². The number of carbonyl (C=O) groups is 1. The molecule has 0 amide bonds. The summed E-state index contributed by atoms with van der Waals surface area (Å²) in [6.07, 6.45) is 2.74. The molecular formula is C30H33F2N5O8S. The van der Waals surface area contributed by atoms with Crippen LogP contribution in [0.3, 0.4) is 0 Å². The topological polar surface area (TPSA) is 154 Å². The largest absolute Gasteiger partial charge is 0.485 e. The molecule has 2 fully saturated rings. The molecule has 2 aliphatic rings. The Kier molecular flexibility index (Phi) is 9.39. The minimum atomic E-state index is -3.77. The van der Waals surface area contributed by atoms with Gasteiger partial charge in [-0.15, -0.1) is 0 Å². The van der Waals surface area contributed by atoms with Gasteiger partial charge in [-0.2, -0.15) is 14.1 Å². The smallest absolute Gasteiger partial charge is 0.316 e. The average molecular weight is 662 g/mol. The molecule has 1 aliphatic carbocycles. The number of hydrogen-bond donors (Lipinski definition) is 0. The summed E-state index contributed by atoms with van der Waals surface area (Å²) in [5.74, 6) is -2.93. The normalized spacial score (nSPS) is 16.3. The molecule has 46 heavy (non-hydrogen) atoms. The van der Waals surface area contributed by atoms with Gasteiger partial charge in [0.1, 0.15) is 23.9 Å². The van der Waals surface area contributed by atoms with Crippen molar-refractivity contribution >= 4 is 27.4 Å². The van der Waals surface area contributed by atoms with Crippen LogP contribution < -0.4 is 15.2 Å². The molecule has 0 spiro atoms. The summed E-state index contributed by atoms with van der Waals surface area (Å²) in [5, 5.41) is 15.1. The number of sulfonamides is 1. The number of esters is 1. The average Bonchev–Trinajstić information content (AvgIpc) is 3.78. The van der Waals surface area contributed by atoms with E-state index in [1.165, 1.54) is 34.8 Å². The van der Waals surface area contributed by atoms with Gasteiger partial charge in [-0.1, -0.05) is 26.0 Å². The van der Waals surface area contributed by atoms with E-state index in [9.17, 15) is 36.9 Å². The van der Waals surface area contributed by atoms with E-state index >= 15 is 0 Å². The molecule has 13 nitrogen and oxygen atoms in total. The first-order chi connectivity index (χ1) is 21.8. The van der Waals surface area contributed by atoms with Crippen molar-refractivity contribution in [3.63, 3.8) is 0 Å². The maximum absolute atomic E-state index is 14.0. The zero-order chi connectivity index (χ0) is 33.2. The highest BCUT2D eigenvalue weighted by Crippen LogP contribution is 2.46. The molecular weight excluding hydrogens is 628 g/mol. The lowest BCUT2D eigenvalue weighted by Crippen LogP contribution is -2.49. The van der Waals surface area contributed by atoms with Crippen LogP contribution in [0.25, 0.3) is 5.69 Å². The van der Waals surface area contributed by atoms with Crippen LogP contribution in [-0.4, -0.2) is 72.8 Å². The number of rotatable bonds is 12. The Hall–Kier alpha value is -4.44. The van der Waals surface area contributed by atoms with Crippen LogP contribution in [0.5, 0.6) is 5.75 Å². The highest BCUT2D eigenvalue weighted by atomic mass is 32.2. The first-order valence-corrected chi connectivity index (χ1v) is 16.2. The fourth-order valence-corrected chi connectivity index (χ4v) is 6.50. The van der Waals surface area contributed by atoms with Crippen molar-refractivity contribution in [2.45, 2.75) is 32.4 Å². The minimum absolute atomic E-state index is 0.0335. The van der Waals surface area contributed by atoms with Crippen molar-refractivity contribution < 1.29 is 36.4 Å². The number of hydrogen-bond acceptors (Lipinski definition) is 10. The molecule has 16 heteroatoms. The number of ether oxygens (including phenoxy) is 2. The van der Waals surface area contributed by atoms with E-state index in [1.54, 1.807) is 18.7 Å². The number of benzene rings is 2. The molecule has 1 aromatic heterocycles. The van der Waals surface area contributed by atoms with Gasteiger partial charge >= 0.3 is 11.5 Å². The highest BCUT2D eigenvalue weighted by Gasteiger charge is 2.45. The Labute approximate surface area is 263 Å². The van der Waals surface area contributed by atoms with Crippen molar-refractivity contribution in [3.05, 3.63) is 86.3 Å². The first kappa shape index (κ1) is 32.9. The standard InChI is InChI=1S/C30H33F2N5O8S/c1-20(2)29(39)45-19-30(7-8-30)18-44-27-26(16-33-36(28(27)38)25-14-22(31)13-23(32)15-25)34-9-11-35(12-10-34)46(42,43)17-21-3-5-24(6-4-21)37(40)41/h3-6,13-16,20H,7-12,17-19H2,1-2H3. The maximum Gasteiger partial charge on any atom is 0.316 e. The lowest BCUT2D eigenvalue weighted by Gasteiger charge is -2.35.